The van der Waals surface area contributed by atoms with Crippen LogP contribution in [0.4, 0.5) is 10.5 Å². The van der Waals surface area contributed by atoms with E-state index in [2.05, 4.69) is 0 Å². The van der Waals surface area contributed by atoms with Crippen molar-refractivity contribution in [3.05, 3.63) is 29.8 Å². The molecular formula is C22H28N4O5. The van der Waals surface area contributed by atoms with E-state index in [1.165, 1.54) is 4.90 Å². The van der Waals surface area contributed by atoms with Gasteiger partial charge in [-0.1, -0.05) is 12.1 Å². The Morgan fingerprint density at radius 2 is 1.77 bits per heavy atom. The number of piperazine rings is 1. The van der Waals surface area contributed by atoms with Gasteiger partial charge in [-0.2, -0.15) is 0 Å². The number of carbonyl (C=O) groups excluding carboxylic acids is 4. The third-order valence-electron chi connectivity index (χ3n) is 6.15. The summed E-state index contributed by atoms with van der Waals surface area (Å²) in [4.78, 5) is 58.1. The first-order valence-corrected chi connectivity index (χ1v) is 10.9. The molecule has 9 heteroatoms. The molecule has 9 nitrogen and oxygen atoms in total. The Morgan fingerprint density at radius 3 is 2.52 bits per heavy atom. The van der Waals surface area contributed by atoms with Gasteiger partial charge in [-0.05, 0) is 38.3 Å². The van der Waals surface area contributed by atoms with Crippen molar-refractivity contribution in [3.8, 4) is 0 Å². The Bertz CT molecular complexity index is 880. The minimum Gasteiger partial charge on any atom is -0.450 e. The number of carbonyl (C=O) groups is 4. The maximum absolute atomic E-state index is 13.4. The topological polar surface area (TPSA) is 90.5 Å². The standard InChI is InChI=1S/C22H28N4O5/c1-2-31-22(30)24-13-11-23(12-14-24)15-19(27)26-17-8-4-3-7-16(17)20(28)25-10-6-5-9-18(25)21(26)29/h3-4,7-8,18H,2,5-6,9-15H2,1H3/t18-/m1/s1. The number of hydrogen-bond donors (Lipinski definition) is 0. The predicted octanol–water partition coefficient (Wildman–Crippen LogP) is 1.33. The van der Waals surface area contributed by atoms with Gasteiger partial charge in [0.1, 0.15) is 6.04 Å². The second kappa shape index (κ2) is 9.05. The molecule has 0 aromatic heterocycles. The van der Waals surface area contributed by atoms with Gasteiger partial charge in [0.05, 0.1) is 24.4 Å². The molecule has 0 saturated carbocycles. The van der Waals surface area contributed by atoms with E-state index in [1.807, 2.05) is 4.90 Å². The van der Waals surface area contributed by atoms with Gasteiger partial charge in [0, 0.05) is 32.7 Å². The summed E-state index contributed by atoms with van der Waals surface area (Å²) in [7, 11) is 0. The number of hydrogen-bond acceptors (Lipinski definition) is 6. The van der Waals surface area contributed by atoms with Crippen LogP contribution in [-0.2, 0) is 14.3 Å². The first-order valence-electron chi connectivity index (χ1n) is 10.9. The van der Waals surface area contributed by atoms with Gasteiger partial charge in [0.15, 0.2) is 0 Å². The molecule has 1 atom stereocenters. The summed E-state index contributed by atoms with van der Waals surface area (Å²) in [5, 5.41) is 0. The van der Waals surface area contributed by atoms with Gasteiger partial charge >= 0.3 is 6.09 Å². The van der Waals surface area contributed by atoms with Crippen LogP contribution in [0.25, 0.3) is 0 Å². The molecule has 4 rings (SSSR count). The SMILES string of the molecule is CCOC(=O)N1CCN(CC(=O)N2C(=O)[C@H]3CCCCN3C(=O)c3ccccc32)CC1. The molecule has 2 saturated heterocycles. The van der Waals surface area contributed by atoms with Crippen LogP contribution in [0.1, 0.15) is 36.5 Å². The van der Waals surface area contributed by atoms with E-state index in [-0.39, 0.29) is 30.4 Å². The van der Waals surface area contributed by atoms with E-state index < -0.39 is 6.04 Å². The van der Waals surface area contributed by atoms with Crippen molar-refractivity contribution in [1.29, 1.82) is 0 Å². The molecule has 0 unspecified atom stereocenters. The zero-order valence-corrected chi connectivity index (χ0v) is 17.8. The zero-order valence-electron chi connectivity index (χ0n) is 17.8. The molecule has 0 bridgehead atoms. The van der Waals surface area contributed by atoms with E-state index in [4.69, 9.17) is 4.74 Å². The first-order chi connectivity index (χ1) is 15.0. The first kappa shape index (κ1) is 21.3. The summed E-state index contributed by atoms with van der Waals surface area (Å²) in [5.41, 5.74) is 0.753. The number of rotatable bonds is 3. The van der Waals surface area contributed by atoms with E-state index >= 15 is 0 Å². The average molecular weight is 428 g/mol. The van der Waals surface area contributed by atoms with Crippen molar-refractivity contribution in [2.75, 3.05) is 50.8 Å². The third-order valence-corrected chi connectivity index (χ3v) is 6.15. The monoisotopic (exact) mass is 428 g/mol. The molecule has 3 aliphatic heterocycles. The van der Waals surface area contributed by atoms with Crippen LogP contribution in [0.5, 0.6) is 0 Å². The summed E-state index contributed by atoms with van der Waals surface area (Å²) in [6.07, 6.45) is 1.94. The van der Waals surface area contributed by atoms with Crippen LogP contribution in [0.2, 0.25) is 0 Å². The van der Waals surface area contributed by atoms with Crippen molar-refractivity contribution < 1.29 is 23.9 Å². The smallest absolute Gasteiger partial charge is 0.409 e. The zero-order chi connectivity index (χ0) is 22.0. The number of ether oxygens (including phenoxy) is 1. The Morgan fingerprint density at radius 1 is 1.03 bits per heavy atom. The second-order valence-corrected chi connectivity index (χ2v) is 8.06. The fourth-order valence-electron chi connectivity index (χ4n) is 4.53. The molecule has 3 heterocycles. The van der Waals surface area contributed by atoms with Crippen LogP contribution in [-0.4, -0.2) is 90.4 Å². The lowest BCUT2D eigenvalue weighted by Gasteiger charge is -2.36. The summed E-state index contributed by atoms with van der Waals surface area (Å²) in [6.45, 7) is 4.63. The van der Waals surface area contributed by atoms with Crippen molar-refractivity contribution in [2.24, 2.45) is 0 Å². The van der Waals surface area contributed by atoms with Gasteiger partial charge in [0.2, 0.25) is 5.91 Å². The molecule has 0 N–H and O–H groups in total. The average Bonchev–Trinajstić information content (AvgIpc) is 2.88. The summed E-state index contributed by atoms with van der Waals surface area (Å²) >= 11 is 0. The minimum absolute atomic E-state index is 0.0532. The Kier molecular flexibility index (Phi) is 6.22. The highest BCUT2D eigenvalue weighted by Crippen LogP contribution is 2.32. The fraction of sp³-hybridized carbons (Fsp3) is 0.545. The fourth-order valence-corrected chi connectivity index (χ4v) is 4.53. The molecule has 1 aromatic rings. The van der Waals surface area contributed by atoms with Crippen LogP contribution in [0.3, 0.4) is 0 Å². The van der Waals surface area contributed by atoms with Crippen molar-refractivity contribution >= 4 is 29.5 Å². The van der Waals surface area contributed by atoms with E-state index in [1.54, 1.807) is 41.0 Å². The van der Waals surface area contributed by atoms with Crippen molar-refractivity contribution in [1.82, 2.24) is 14.7 Å². The van der Waals surface area contributed by atoms with Gasteiger partial charge < -0.3 is 14.5 Å². The number of nitrogens with zero attached hydrogens (tertiary/aromatic N) is 4. The number of fused-ring (bicyclic) bond motifs is 2. The Hall–Kier alpha value is -2.94. The van der Waals surface area contributed by atoms with Crippen molar-refractivity contribution in [2.45, 2.75) is 32.2 Å². The quantitative estimate of drug-likeness (QED) is 0.722. The Labute approximate surface area is 181 Å². The van der Waals surface area contributed by atoms with Gasteiger partial charge in [0.25, 0.3) is 11.8 Å². The van der Waals surface area contributed by atoms with Gasteiger partial charge in [-0.25, -0.2) is 9.69 Å². The lowest BCUT2D eigenvalue weighted by Crippen LogP contribution is -2.55. The molecule has 0 radical (unpaired) electrons. The van der Waals surface area contributed by atoms with Gasteiger partial charge in [-0.3, -0.25) is 19.3 Å². The minimum atomic E-state index is -0.599. The molecule has 1 aromatic carbocycles. The molecule has 31 heavy (non-hydrogen) atoms. The summed E-state index contributed by atoms with van der Waals surface area (Å²) < 4.78 is 5.03. The number of amides is 4. The maximum Gasteiger partial charge on any atom is 0.409 e. The van der Waals surface area contributed by atoms with E-state index in [0.717, 1.165) is 12.8 Å². The van der Waals surface area contributed by atoms with Crippen LogP contribution < -0.4 is 4.90 Å². The highest BCUT2D eigenvalue weighted by atomic mass is 16.6. The number of imide groups is 1. The molecule has 2 fully saturated rings. The largest absolute Gasteiger partial charge is 0.450 e. The number of benzene rings is 1. The van der Waals surface area contributed by atoms with Crippen LogP contribution in [0.15, 0.2) is 24.3 Å². The second-order valence-electron chi connectivity index (χ2n) is 8.06. The highest BCUT2D eigenvalue weighted by molar-refractivity contribution is 6.22. The molecule has 0 aliphatic carbocycles. The lowest BCUT2D eigenvalue weighted by molar-refractivity contribution is -0.130. The van der Waals surface area contributed by atoms with Crippen LogP contribution >= 0.6 is 0 Å². The summed E-state index contributed by atoms with van der Waals surface area (Å²) in [6, 6.07) is 6.24. The number of para-hydroxylation sites is 1. The lowest BCUT2D eigenvalue weighted by atomic mass is 10.0. The van der Waals surface area contributed by atoms with Crippen molar-refractivity contribution in [3.63, 3.8) is 0 Å². The molecular weight excluding hydrogens is 400 g/mol. The summed E-state index contributed by atoms with van der Waals surface area (Å²) in [5.74, 6) is -0.859. The molecule has 166 valence electrons. The molecule has 3 aliphatic rings. The predicted molar refractivity (Wildman–Crippen MR) is 113 cm³/mol. The maximum atomic E-state index is 13.4. The highest BCUT2D eigenvalue weighted by Gasteiger charge is 2.43. The van der Waals surface area contributed by atoms with E-state index in [0.29, 0.717) is 57.0 Å². The van der Waals surface area contributed by atoms with Gasteiger partial charge in [-0.15, -0.1) is 0 Å². The number of piperidine rings is 1. The van der Waals surface area contributed by atoms with E-state index in [9.17, 15) is 19.2 Å². The Balaban J connectivity index is 1.52. The molecule has 4 amide bonds. The molecule has 0 spiro atoms. The van der Waals surface area contributed by atoms with Crippen LogP contribution in [0, 0.1) is 0 Å². The number of anilines is 1. The third kappa shape index (κ3) is 4.14. The normalized spacial score (nSPS) is 22.0.